The van der Waals surface area contributed by atoms with Crippen molar-refractivity contribution < 1.29 is 8.42 Å². The third kappa shape index (κ3) is 2.40. The fourth-order valence-corrected chi connectivity index (χ4v) is 3.73. The molecule has 2 aliphatic rings. The van der Waals surface area contributed by atoms with E-state index >= 15 is 0 Å². The molecule has 0 amide bonds. The standard InChI is InChI=1S/C11H16ClN3O2S/c12-18(16,17)11-14-13-10(15(11)9-5-6-9)7-8-3-1-2-4-8/h8-9H,1-7H2. The summed E-state index contributed by atoms with van der Waals surface area (Å²) in [5.74, 6) is 1.42. The van der Waals surface area contributed by atoms with Crippen LogP contribution in [-0.4, -0.2) is 23.2 Å². The molecule has 0 radical (unpaired) electrons. The van der Waals surface area contributed by atoms with E-state index in [1.165, 1.54) is 25.7 Å². The molecule has 100 valence electrons. The Morgan fingerprint density at radius 1 is 1.17 bits per heavy atom. The molecule has 0 saturated heterocycles. The van der Waals surface area contributed by atoms with Gasteiger partial charge in [-0.2, -0.15) is 0 Å². The van der Waals surface area contributed by atoms with E-state index in [9.17, 15) is 8.42 Å². The lowest BCUT2D eigenvalue weighted by Crippen LogP contribution is -2.11. The number of rotatable bonds is 4. The van der Waals surface area contributed by atoms with Gasteiger partial charge in [0.15, 0.2) is 0 Å². The molecule has 0 spiro atoms. The summed E-state index contributed by atoms with van der Waals surface area (Å²) in [7, 11) is 1.62. The van der Waals surface area contributed by atoms with E-state index < -0.39 is 9.05 Å². The first-order valence-electron chi connectivity index (χ1n) is 6.44. The van der Waals surface area contributed by atoms with E-state index in [-0.39, 0.29) is 11.2 Å². The van der Waals surface area contributed by atoms with Crippen LogP contribution in [0.15, 0.2) is 5.16 Å². The first-order chi connectivity index (χ1) is 8.55. The van der Waals surface area contributed by atoms with Gasteiger partial charge in [-0.05, 0) is 18.8 Å². The summed E-state index contributed by atoms with van der Waals surface area (Å²) in [4.78, 5) is 0. The van der Waals surface area contributed by atoms with E-state index in [2.05, 4.69) is 10.2 Å². The van der Waals surface area contributed by atoms with E-state index in [1.807, 2.05) is 0 Å². The van der Waals surface area contributed by atoms with Crippen molar-refractivity contribution in [3.63, 3.8) is 0 Å². The summed E-state index contributed by atoms with van der Waals surface area (Å²) in [6.45, 7) is 0. The van der Waals surface area contributed by atoms with E-state index in [0.717, 1.165) is 25.1 Å². The Morgan fingerprint density at radius 3 is 2.39 bits per heavy atom. The van der Waals surface area contributed by atoms with Crippen LogP contribution >= 0.6 is 10.7 Å². The predicted octanol–water partition coefficient (Wildman–Crippen LogP) is 2.27. The minimum atomic E-state index is -3.79. The molecule has 0 unspecified atom stereocenters. The number of halogens is 1. The van der Waals surface area contributed by atoms with Gasteiger partial charge in [0.25, 0.3) is 14.2 Å². The number of hydrogen-bond donors (Lipinski definition) is 0. The lowest BCUT2D eigenvalue weighted by Gasteiger charge is -2.10. The van der Waals surface area contributed by atoms with Crippen molar-refractivity contribution in [3.05, 3.63) is 5.82 Å². The number of aromatic nitrogens is 3. The van der Waals surface area contributed by atoms with Crippen LogP contribution < -0.4 is 0 Å². The zero-order valence-electron chi connectivity index (χ0n) is 10.0. The third-order valence-electron chi connectivity index (χ3n) is 3.81. The molecule has 2 saturated carbocycles. The SMILES string of the molecule is O=S(=O)(Cl)c1nnc(CC2CCCC2)n1C1CC1. The summed E-state index contributed by atoms with van der Waals surface area (Å²) in [6.07, 6.45) is 7.77. The fraction of sp³-hybridized carbons (Fsp3) is 0.818. The van der Waals surface area contributed by atoms with Crippen LogP contribution in [0.2, 0.25) is 0 Å². The lowest BCUT2D eigenvalue weighted by molar-refractivity contribution is 0.499. The van der Waals surface area contributed by atoms with Gasteiger partial charge >= 0.3 is 0 Å². The van der Waals surface area contributed by atoms with Gasteiger partial charge in [-0.15, -0.1) is 10.2 Å². The Bertz CT molecular complexity index is 545. The van der Waals surface area contributed by atoms with Gasteiger partial charge in [-0.3, -0.25) is 4.57 Å². The fourth-order valence-electron chi connectivity index (χ4n) is 2.79. The van der Waals surface area contributed by atoms with Crippen LogP contribution in [0.5, 0.6) is 0 Å². The number of nitrogens with zero attached hydrogens (tertiary/aromatic N) is 3. The lowest BCUT2D eigenvalue weighted by atomic mass is 10.0. The molecule has 1 heterocycles. The summed E-state index contributed by atoms with van der Waals surface area (Å²) in [5, 5.41) is 7.77. The predicted molar refractivity (Wildman–Crippen MR) is 67.0 cm³/mol. The van der Waals surface area contributed by atoms with Gasteiger partial charge in [0.05, 0.1) is 0 Å². The van der Waals surface area contributed by atoms with Crippen molar-refractivity contribution in [2.24, 2.45) is 5.92 Å². The Kier molecular flexibility index (Phi) is 3.10. The quantitative estimate of drug-likeness (QED) is 0.798. The van der Waals surface area contributed by atoms with Crippen LogP contribution in [0.4, 0.5) is 0 Å². The Balaban J connectivity index is 1.91. The zero-order valence-corrected chi connectivity index (χ0v) is 11.6. The Labute approximate surface area is 111 Å². The van der Waals surface area contributed by atoms with Crippen LogP contribution in [0.1, 0.15) is 50.4 Å². The summed E-state index contributed by atoms with van der Waals surface area (Å²) in [5.41, 5.74) is 0. The maximum absolute atomic E-state index is 11.5. The highest BCUT2D eigenvalue weighted by Gasteiger charge is 2.34. The second kappa shape index (κ2) is 4.49. The van der Waals surface area contributed by atoms with Crippen molar-refractivity contribution in [1.29, 1.82) is 0 Å². The smallest absolute Gasteiger partial charge is 0.296 e. The molecule has 1 aromatic rings. The van der Waals surface area contributed by atoms with Crippen molar-refractivity contribution in [1.82, 2.24) is 14.8 Å². The molecule has 1 aromatic heterocycles. The molecule has 0 N–H and O–H groups in total. The van der Waals surface area contributed by atoms with Crippen LogP contribution in [0.3, 0.4) is 0 Å². The van der Waals surface area contributed by atoms with Gasteiger partial charge in [-0.25, -0.2) is 8.42 Å². The first kappa shape index (κ1) is 12.4. The Morgan fingerprint density at radius 2 is 1.83 bits per heavy atom. The summed E-state index contributed by atoms with van der Waals surface area (Å²) in [6, 6.07) is 0.236. The average molecular weight is 290 g/mol. The van der Waals surface area contributed by atoms with Crippen LogP contribution in [0.25, 0.3) is 0 Å². The molecule has 2 fully saturated rings. The van der Waals surface area contributed by atoms with Gasteiger partial charge < -0.3 is 0 Å². The molecule has 5 nitrogen and oxygen atoms in total. The van der Waals surface area contributed by atoms with Gasteiger partial charge in [-0.1, -0.05) is 25.7 Å². The van der Waals surface area contributed by atoms with E-state index in [4.69, 9.17) is 10.7 Å². The summed E-state index contributed by atoms with van der Waals surface area (Å²) >= 11 is 0. The van der Waals surface area contributed by atoms with Crippen molar-refractivity contribution in [3.8, 4) is 0 Å². The van der Waals surface area contributed by atoms with Gasteiger partial charge in [0.1, 0.15) is 5.82 Å². The molecule has 7 heteroatoms. The zero-order chi connectivity index (χ0) is 12.8. The monoisotopic (exact) mass is 289 g/mol. The average Bonchev–Trinajstić information content (AvgIpc) is 2.84. The highest BCUT2D eigenvalue weighted by Crippen LogP contribution is 2.39. The number of hydrogen-bond acceptors (Lipinski definition) is 4. The third-order valence-corrected chi connectivity index (χ3v) is 4.94. The normalized spacial score (nSPS) is 21.6. The summed E-state index contributed by atoms with van der Waals surface area (Å²) < 4.78 is 24.7. The Hall–Kier alpha value is -0.620. The first-order valence-corrected chi connectivity index (χ1v) is 8.75. The largest absolute Gasteiger partial charge is 0.298 e. The second-order valence-electron chi connectivity index (χ2n) is 5.29. The van der Waals surface area contributed by atoms with Gasteiger partial charge in [0, 0.05) is 23.1 Å². The highest BCUT2D eigenvalue weighted by molar-refractivity contribution is 8.13. The van der Waals surface area contributed by atoms with Crippen LogP contribution in [0, 0.1) is 5.92 Å². The van der Waals surface area contributed by atoms with Crippen LogP contribution in [-0.2, 0) is 15.5 Å². The maximum Gasteiger partial charge on any atom is 0.296 e. The van der Waals surface area contributed by atoms with E-state index in [0.29, 0.717) is 5.92 Å². The van der Waals surface area contributed by atoms with Crippen molar-refractivity contribution >= 4 is 19.7 Å². The molecule has 0 atom stereocenters. The molecule has 2 aliphatic carbocycles. The minimum Gasteiger partial charge on any atom is -0.298 e. The second-order valence-corrected chi connectivity index (χ2v) is 7.75. The maximum atomic E-state index is 11.5. The molecule has 0 aromatic carbocycles. The van der Waals surface area contributed by atoms with Gasteiger partial charge in [0.2, 0.25) is 0 Å². The van der Waals surface area contributed by atoms with Crippen molar-refractivity contribution in [2.45, 2.75) is 56.1 Å². The molecule has 0 aliphatic heterocycles. The molecule has 18 heavy (non-hydrogen) atoms. The highest BCUT2D eigenvalue weighted by atomic mass is 35.7. The molecule has 0 bridgehead atoms. The molecular weight excluding hydrogens is 274 g/mol. The molecular formula is C11H16ClN3O2S. The minimum absolute atomic E-state index is 0.0698. The topological polar surface area (TPSA) is 64.8 Å². The molecule has 3 rings (SSSR count). The van der Waals surface area contributed by atoms with E-state index in [1.54, 1.807) is 4.57 Å². The van der Waals surface area contributed by atoms with Crippen molar-refractivity contribution in [2.75, 3.05) is 0 Å².